The highest BCUT2D eigenvalue weighted by Gasteiger charge is 1.95. The van der Waals surface area contributed by atoms with Crippen molar-refractivity contribution in [2.24, 2.45) is 0 Å². The van der Waals surface area contributed by atoms with Crippen LogP contribution in [0.2, 0.25) is 0 Å². The molecule has 0 radical (unpaired) electrons. The maximum Gasteiger partial charge on any atom is 0.0704 e. The topological polar surface area (TPSA) is 38.7 Å². The zero-order valence-electron chi connectivity index (χ0n) is 25.8. The number of nitrogens with zero attached hydrogens (tertiary/aromatic N) is 3. The first-order valence-electron chi connectivity index (χ1n) is 14.9. The van der Waals surface area contributed by atoms with Crippen LogP contribution in [0.3, 0.4) is 0 Å². The average Bonchev–Trinajstić information content (AvgIpc) is 3.07. The minimum atomic E-state index is 1.08. The van der Waals surface area contributed by atoms with Crippen molar-refractivity contribution < 1.29 is 0 Å². The Kier molecular flexibility index (Phi) is 10.0. The summed E-state index contributed by atoms with van der Waals surface area (Å²) >= 11 is 0. The lowest BCUT2D eigenvalue weighted by Crippen LogP contribution is -1.79. The second kappa shape index (κ2) is 14.7. The van der Waals surface area contributed by atoms with E-state index in [0.29, 0.717) is 0 Å². The van der Waals surface area contributed by atoms with Crippen molar-refractivity contribution in [1.82, 2.24) is 15.0 Å². The molecule has 8 rings (SSSR count). The van der Waals surface area contributed by atoms with E-state index in [1.54, 1.807) is 0 Å². The number of hydrogen-bond acceptors (Lipinski definition) is 3. The first kappa shape index (κ1) is 30.1. The van der Waals surface area contributed by atoms with E-state index in [9.17, 15) is 0 Å². The molecule has 44 heavy (non-hydrogen) atoms. The molecule has 0 saturated heterocycles. The summed E-state index contributed by atoms with van der Waals surface area (Å²) in [5.74, 6) is 0. The molecule has 0 bridgehead atoms. The Morgan fingerprint density at radius 3 is 1.50 bits per heavy atom. The van der Waals surface area contributed by atoms with Crippen LogP contribution in [0.15, 0.2) is 152 Å². The van der Waals surface area contributed by atoms with Gasteiger partial charge in [0.2, 0.25) is 0 Å². The van der Waals surface area contributed by atoms with E-state index in [4.69, 9.17) is 0 Å². The molecule has 0 N–H and O–H groups in total. The van der Waals surface area contributed by atoms with E-state index in [1.165, 1.54) is 54.6 Å². The van der Waals surface area contributed by atoms with Crippen LogP contribution >= 0.6 is 0 Å². The largest absolute Gasteiger partial charge is 0.264 e. The number of benzene rings is 5. The lowest BCUT2D eigenvalue weighted by Gasteiger charge is -1.98. The third-order valence-corrected chi connectivity index (χ3v) is 7.64. The summed E-state index contributed by atoms with van der Waals surface area (Å²) in [6.07, 6.45) is 7.39. The summed E-state index contributed by atoms with van der Waals surface area (Å²) in [5.41, 5.74) is 7.39. The summed E-state index contributed by atoms with van der Waals surface area (Å²) in [7, 11) is 0. The molecule has 0 unspecified atom stereocenters. The Labute approximate surface area is 259 Å². The molecule has 0 atom stereocenters. The molecule has 3 aromatic heterocycles. The third kappa shape index (κ3) is 7.50. The maximum atomic E-state index is 4.24. The van der Waals surface area contributed by atoms with Gasteiger partial charge in [-0.25, -0.2) is 0 Å². The molecule has 3 nitrogen and oxygen atoms in total. The van der Waals surface area contributed by atoms with Crippen LogP contribution in [0.1, 0.15) is 22.3 Å². The van der Waals surface area contributed by atoms with Crippen molar-refractivity contribution in [2.75, 3.05) is 0 Å². The number of hydrogen-bond donors (Lipinski definition) is 0. The molecule has 0 spiro atoms. The molecule has 216 valence electrons. The second-order valence-electron chi connectivity index (χ2n) is 10.8. The van der Waals surface area contributed by atoms with Crippen molar-refractivity contribution in [3.63, 3.8) is 0 Å². The van der Waals surface area contributed by atoms with E-state index in [2.05, 4.69) is 122 Å². The quantitative estimate of drug-likeness (QED) is 0.182. The van der Waals surface area contributed by atoms with E-state index >= 15 is 0 Å². The third-order valence-electron chi connectivity index (χ3n) is 7.64. The summed E-state index contributed by atoms with van der Waals surface area (Å²) in [6.45, 7) is 8.46. The van der Waals surface area contributed by atoms with Crippen LogP contribution in [0.5, 0.6) is 0 Å². The molecule has 0 aliphatic rings. The van der Waals surface area contributed by atoms with Crippen LogP contribution < -0.4 is 0 Å². The Hall–Kier alpha value is -5.41. The molecule has 0 aliphatic carbocycles. The highest BCUT2D eigenvalue weighted by molar-refractivity contribution is 5.86. The molecule has 0 fully saturated rings. The average molecular weight is 572 g/mol. The summed E-state index contributed by atoms with van der Waals surface area (Å²) in [5, 5.41) is 7.68. The van der Waals surface area contributed by atoms with Gasteiger partial charge in [-0.15, -0.1) is 0 Å². The van der Waals surface area contributed by atoms with Gasteiger partial charge in [0, 0.05) is 40.9 Å². The van der Waals surface area contributed by atoms with Gasteiger partial charge in [-0.1, -0.05) is 97.1 Å². The van der Waals surface area contributed by atoms with E-state index < -0.39 is 0 Å². The fraction of sp³-hybridized carbons (Fsp3) is 0.0976. The van der Waals surface area contributed by atoms with Gasteiger partial charge in [0.1, 0.15) is 0 Å². The molecule has 3 heterocycles. The first-order valence-corrected chi connectivity index (χ1v) is 14.9. The van der Waals surface area contributed by atoms with E-state index in [1.807, 2.05) is 73.3 Å². The number of aromatic nitrogens is 3. The number of aryl methyl sites for hydroxylation is 4. The van der Waals surface area contributed by atoms with Gasteiger partial charge in [-0.3, -0.25) is 15.0 Å². The van der Waals surface area contributed by atoms with Crippen molar-refractivity contribution in [3.05, 3.63) is 174 Å². The van der Waals surface area contributed by atoms with Crippen LogP contribution in [0.4, 0.5) is 0 Å². The van der Waals surface area contributed by atoms with Crippen molar-refractivity contribution in [3.8, 4) is 0 Å². The van der Waals surface area contributed by atoms with Crippen molar-refractivity contribution in [2.45, 2.75) is 27.7 Å². The highest BCUT2D eigenvalue weighted by Crippen LogP contribution is 2.18. The lowest BCUT2D eigenvalue weighted by molar-refractivity contribution is 1.36. The van der Waals surface area contributed by atoms with Crippen LogP contribution in [0.25, 0.3) is 43.4 Å². The predicted octanol–water partition coefficient (Wildman–Crippen LogP) is 10.8. The van der Waals surface area contributed by atoms with Crippen LogP contribution in [0, 0.1) is 27.7 Å². The summed E-state index contributed by atoms with van der Waals surface area (Å²) < 4.78 is 0. The monoisotopic (exact) mass is 571 g/mol. The molecular weight excluding hydrogens is 534 g/mol. The molecule has 0 aliphatic heterocycles. The normalized spacial score (nSPS) is 10.3. The number of pyridine rings is 3. The minimum Gasteiger partial charge on any atom is -0.264 e. The van der Waals surface area contributed by atoms with Crippen molar-refractivity contribution >= 4 is 43.4 Å². The van der Waals surface area contributed by atoms with Gasteiger partial charge >= 0.3 is 0 Å². The SMILES string of the molecule is Cc1cccc2ccccc12.Cc1cccc2cnccc12.Cc1cccc2ncccc12.Cc1ccnc2ccccc12. The van der Waals surface area contributed by atoms with E-state index in [0.717, 1.165) is 11.0 Å². The zero-order chi connectivity index (χ0) is 30.7. The molecular formula is C41H37N3. The van der Waals surface area contributed by atoms with Gasteiger partial charge in [-0.05, 0) is 96.4 Å². The standard InChI is InChI=1S/C11H10.3C10H9N/c1-9-5-4-7-10-6-2-3-8-11(9)10;1-8-4-2-6-10-9(8)5-3-7-11-10;1-8-3-2-4-9-7-11-6-5-10(8)9;1-8-6-7-11-10-5-3-2-4-9(8)10/h2-8H,1H3;3*2-7H,1H3. The predicted molar refractivity (Wildman–Crippen MR) is 188 cm³/mol. The number of para-hydroxylation sites is 1. The Morgan fingerprint density at radius 1 is 0.341 bits per heavy atom. The van der Waals surface area contributed by atoms with Crippen LogP contribution in [-0.4, -0.2) is 15.0 Å². The van der Waals surface area contributed by atoms with Gasteiger partial charge in [0.25, 0.3) is 0 Å². The number of rotatable bonds is 0. The Bertz CT molecular complexity index is 1800. The maximum absolute atomic E-state index is 4.24. The van der Waals surface area contributed by atoms with Gasteiger partial charge in [0.15, 0.2) is 0 Å². The fourth-order valence-corrected chi connectivity index (χ4v) is 5.17. The fourth-order valence-electron chi connectivity index (χ4n) is 5.17. The minimum absolute atomic E-state index is 1.08. The molecule has 0 saturated carbocycles. The highest BCUT2D eigenvalue weighted by atomic mass is 14.6. The van der Waals surface area contributed by atoms with Crippen molar-refractivity contribution in [1.29, 1.82) is 0 Å². The van der Waals surface area contributed by atoms with E-state index in [-0.39, 0.29) is 0 Å². The summed E-state index contributed by atoms with van der Waals surface area (Å²) in [6, 6.07) is 43.5. The summed E-state index contributed by atoms with van der Waals surface area (Å²) in [4.78, 5) is 12.5. The zero-order valence-corrected chi connectivity index (χ0v) is 25.8. The Morgan fingerprint density at radius 2 is 0.818 bits per heavy atom. The van der Waals surface area contributed by atoms with Gasteiger partial charge < -0.3 is 0 Å². The van der Waals surface area contributed by atoms with Crippen LogP contribution in [-0.2, 0) is 0 Å². The molecule has 0 amide bonds. The van der Waals surface area contributed by atoms with Gasteiger partial charge in [-0.2, -0.15) is 0 Å². The molecule has 5 aromatic carbocycles. The van der Waals surface area contributed by atoms with Gasteiger partial charge in [0.05, 0.1) is 11.0 Å². The smallest absolute Gasteiger partial charge is 0.0704 e. The number of fused-ring (bicyclic) bond motifs is 4. The lowest BCUT2D eigenvalue weighted by atomic mass is 10.1. The Balaban J connectivity index is 0.000000116. The molecule has 8 aromatic rings. The second-order valence-corrected chi connectivity index (χ2v) is 10.8. The first-order chi connectivity index (χ1) is 21.5. The molecule has 3 heteroatoms.